The summed E-state index contributed by atoms with van der Waals surface area (Å²) in [7, 11) is 0. The number of anilines is 1. The van der Waals surface area contributed by atoms with Gasteiger partial charge in [0, 0.05) is 31.9 Å². The number of amides is 2. The second-order valence-electron chi connectivity index (χ2n) is 6.96. The molecule has 0 saturated carbocycles. The molecule has 0 aliphatic carbocycles. The predicted molar refractivity (Wildman–Crippen MR) is 111 cm³/mol. The summed E-state index contributed by atoms with van der Waals surface area (Å²) in [4.78, 5) is 14.6. The first-order valence-corrected chi connectivity index (χ1v) is 9.80. The minimum absolute atomic E-state index is 0.00959. The van der Waals surface area contributed by atoms with Gasteiger partial charge in [-0.1, -0.05) is 30.3 Å². The maximum atomic E-state index is 12.3. The van der Waals surface area contributed by atoms with Crippen molar-refractivity contribution >= 4 is 11.7 Å². The van der Waals surface area contributed by atoms with Crippen LogP contribution < -0.4 is 15.4 Å². The highest BCUT2D eigenvalue weighted by Gasteiger charge is 2.21. The van der Waals surface area contributed by atoms with Gasteiger partial charge in [-0.05, 0) is 43.2 Å². The minimum atomic E-state index is -0.226. The summed E-state index contributed by atoms with van der Waals surface area (Å²) >= 11 is 0. The Bertz CT molecular complexity index is 767. The van der Waals surface area contributed by atoms with Crippen molar-refractivity contribution in [2.24, 2.45) is 0 Å². The topological polar surface area (TPSA) is 62.8 Å². The monoisotopic (exact) mass is 383 g/mol. The molecule has 1 fully saturated rings. The number of hydrogen-bond donors (Lipinski definition) is 2. The van der Waals surface area contributed by atoms with Crippen LogP contribution in [0.1, 0.15) is 18.1 Å². The number of carbonyl (C=O) groups excluding carboxylic acids is 1. The summed E-state index contributed by atoms with van der Waals surface area (Å²) in [6.07, 6.45) is -0.00959. The van der Waals surface area contributed by atoms with Crippen molar-refractivity contribution in [2.75, 3.05) is 38.2 Å². The third-order valence-electron chi connectivity index (χ3n) is 4.72. The van der Waals surface area contributed by atoms with Crippen molar-refractivity contribution in [2.45, 2.75) is 26.5 Å². The Kier molecular flexibility index (Phi) is 7.28. The molecule has 0 aromatic heterocycles. The van der Waals surface area contributed by atoms with E-state index in [-0.39, 0.29) is 12.1 Å². The number of nitrogens with one attached hydrogen (secondary N) is 2. The SMILES string of the molecule is CCOc1ccc(NC(=O)NCC2CN(Cc3ccccc3)CCO2)c(C)c1. The number of hydrogen-bond acceptors (Lipinski definition) is 4. The first kappa shape index (κ1) is 20.2. The Balaban J connectivity index is 1.45. The van der Waals surface area contributed by atoms with E-state index in [2.05, 4.69) is 39.8 Å². The first-order valence-electron chi connectivity index (χ1n) is 9.80. The highest BCUT2D eigenvalue weighted by Crippen LogP contribution is 2.21. The smallest absolute Gasteiger partial charge is 0.319 e. The number of benzene rings is 2. The lowest BCUT2D eigenvalue weighted by atomic mass is 10.2. The fourth-order valence-electron chi connectivity index (χ4n) is 3.30. The summed E-state index contributed by atoms with van der Waals surface area (Å²) in [5, 5.41) is 5.81. The minimum Gasteiger partial charge on any atom is -0.494 e. The van der Waals surface area contributed by atoms with Crippen LogP contribution >= 0.6 is 0 Å². The molecule has 0 bridgehead atoms. The Morgan fingerprint density at radius 3 is 2.82 bits per heavy atom. The van der Waals surface area contributed by atoms with Crippen LogP contribution in [0.5, 0.6) is 5.75 Å². The zero-order valence-corrected chi connectivity index (χ0v) is 16.6. The molecule has 28 heavy (non-hydrogen) atoms. The van der Waals surface area contributed by atoms with Gasteiger partial charge in [0.05, 0.1) is 19.3 Å². The fourth-order valence-corrected chi connectivity index (χ4v) is 3.30. The lowest BCUT2D eigenvalue weighted by Crippen LogP contribution is -2.47. The van der Waals surface area contributed by atoms with Crippen molar-refractivity contribution in [3.05, 3.63) is 59.7 Å². The van der Waals surface area contributed by atoms with Crippen molar-refractivity contribution in [3.8, 4) is 5.75 Å². The van der Waals surface area contributed by atoms with E-state index in [1.165, 1.54) is 5.56 Å². The molecular weight excluding hydrogens is 354 g/mol. The second kappa shape index (κ2) is 10.1. The Hall–Kier alpha value is -2.57. The number of nitrogens with zero attached hydrogens (tertiary/aromatic N) is 1. The van der Waals surface area contributed by atoms with Crippen LogP contribution in [0.25, 0.3) is 0 Å². The first-order chi connectivity index (χ1) is 13.6. The molecule has 1 aliphatic heterocycles. The summed E-state index contributed by atoms with van der Waals surface area (Å²) < 4.78 is 11.3. The summed E-state index contributed by atoms with van der Waals surface area (Å²) in [6, 6.07) is 15.8. The molecule has 0 radical (unpaired) electrons. The van der Waals surface area contributed by atoms with Crippen molar-refractivity contribution in [1.29, 1.82) is 0 Å². The van der Waals surface area contributed by atoms with E-state index in [4.69, 9.17) is 9.47 Å². The Morgan fingerprint density at radius 1 is 1.25 bits per heavy atom. The molecule has 1 saturated heterocycles. The molecular formula is C22H29N3O3. The van der Waals surface area contributed by atoms with E-state index in [0.29, 0.717) is 19.8 Å². The molecule has 3 rings (SSSR count). The van der Waals surface area contributed by atoms with Crippen LogP contribution in [0.2, 0.25) is 0 Å². The van der Waals surface area contributed by atoms with Crippen LogP contribution in [0.3, 0.4) is 0 Å². The number of carbonyl (C=O) groups is 1. The third kappa shape index (κ3) is 5.97. The predicted octanol–water partition coefficient (Wildman–Crippen LogP) is 3.42. The van der Waals surface area contributed by atoms with Crippen LogP contribution in [0.15, 0.2) is 48.5 Å². The molecule has 150 valence electrons. The summed E-state index contributed by atoms with van der Waals surface area (Å²) in [5.74, 6) is 0.806. The largest absolute Gasteiger partial charge is 0.494 e. The lowest BCUT2D eigenvalue weighted by Gasteiger charge is -2.33. The van der Waals surface area contributed by atoms with Gasteiger partial charge >= 0.3 is 6.03 Å². The molecule has 2 N–H and O–H groups in total. The second-order valence-corrected chi connectivity index (χ2v) is 6.96. The summed E-state index contributed by atoms with van der Waals surface area (Å²) in [5.41, 5.74) is 3.03. The average Bonchev–Trinajstić information content (AvgIpc) is 2.70. The molecule has 6 nitrogen and oxygen atoms in total. The van der Waals surface area contributed by atoms with E-state index in [9.17, 15) is 4.79 Å². The number of aryl methyl sites for hydroxylation is 1. The van der Waals surface area contributed by atoms with E-state index in [1.54, 1.807) is 0 Å². The molecule has 1 heterocycles. The number of morpholine rings is 1. The maximum absolute atomic E-state index is 12.3. The zero-order valence-electron chi connectivity index (χ0n) is 16.6. The van der Waals surface area contributed by atoms with Crippen LogP contribution in [0.4, 0.5) is 10.5 Å². The fraction of sp³-hybridized carbons (Fsp3) is 0.409. The zero-order chi connectivity index (χ0) is 19.8. The van der Waals surface area contributed by atoms with Gasteiger partial charge in [-0.15, -0.1) is 0 Å². The average molecular weight is 383 g/mol. The number of urea groups is 1. The molecule has 6 heteroatoms. The van der Waals surface area contributed by atoms with Crippen molar-refractivity contribution in [1.82, 2.24) is 10.2 Å². The van der Waals surface area contributed by atoms with E-state index < -0.39 is 0 Å². The highest BCUT2D eigenvalue weighted by atomic mass is 16.5. The van der Waals surface area contributed by atoms with Gasteiger partial charge in [-0.25, -0.2) is 4.79 Å². The molecule has 1 aliphatic rings. The quantitative estimate of drug-likeness (QED) is 0.769. The molecule has 1 unspecified atom stereocenters. The standard InChI is InChI=1S/C22H29N3O3/c1-3-27-19-9-10-21(17(2)13-19)24-22(26)23-14-20-16-25(11-12-28-20)15-18-7-5-4-6-8-18/h4-10,13,20H,3,11-12,14-16H2,1-2H3,(H2,23,24,26). The van der Waals surface area contributed by atoms with Gasteiger partial charge in [0.25, 0.3) is 0 Å². The number of rotatable bonds is 7. The number of ether oxygens (including phenoxy) is 2. The van der Waals surface area contributed by atoms with Gasteiger partial charge in [0.1, 0.15) is 5.75 Å². The van der Waals surface area contributed by atoms with Gasteiger partial charge in [0.15, 0.2) is 0 Å². The molecule has 2 amide bonds. The van der Waals surface area contributed by atoms with Crippen molar-refractivity contribution in [3.63, 3.8) is 0 Å². The van der Waals surface area contributed by atoms with Gasteiger partial charge < -0.3 is 20.1 Å². The van der Waals surface area contributed by atoms with Crippen LogP contribution in [-0.2, 0) is 11.3 Å². The van der Waals surface area contributed by atoms with Crippen LogP contribution in [0, 0.1) is 6.92 Å². The maximum Gasteiger partial charge on any atom is 0.319 e. The van der Waals surface area contributed by atoms with E-state index in [0.717, 1.165) is 36.6 Å². The Labute approximate surface area is 166 Å². The highest BCUT2D eigenvalue weighted by molar-refractivity contribution is 5.90. The lowest BCUT2D eigenvalue weighted by molar-refractivity contribution is -0.0285. The molecule has 2 aromatic rings. The molecule has 0 spiro atoms. The van der Waals surface area contributed by atoms with Crippen molar-refractivity contribution < 1.29 is 14.3 Å². The van der Waals surface area contributed by atoms with E-state index in [1.807, 2.05) is 38.1 Å². The molecule has 1 atom stereocenters. The van der Waals surface area contributed by atoms with Crippen LogP contribution in [-0.4, -0.2) is 49.9 Å². The Morgan fingerprint density at radius 2 is 2.07 bits per heavy atom. The third-order valence-corrected chi connectivity index (χ3v) is 4.72. The van der Waals surface area contributed by atoms with Gasteiger partial charge in [0.2, 0.25) is 0 Å². The van der Waals surface area contributed by atoms with Gasteiger partial charge in [-0.2, -0.15) is 0 Å². The van der Waals surface area contributed by atoms with E-state index >= 15 is 0 Å². The molecule has 2 aromatic carbocycles. The van der Waals surface area contributed by atoms with Gasteiger partial charge in [-0.3, -0.25) is 4.90 Å². The summed E-state index contributed by atoms with van der Waals surface area (Å²) in [6.45, 7) is 8.28. The normalized spacial score (nSPS) is 17.1.